The van der Waals surface area contributed by atoms with Gasteiger partial charge in [0.2, 0.25) is 5.91 Å². The molecule has 4 rings (SSSR count). The summed E-state index contributed by atoms with van der Waals surface area (Å²) in [6.07, 6.45) is 2.77. The fourth-order valence-electron chi connectivity index (χ4n) is 3.16. The van der Waals surface area contributed by atoms with Crippen LogP contribution in [-0.4, -0.2) is 39.4 Å². The summed E-state index contributed by atoms with van der Waals surface area (Å²) < 4.78 is 20.0. The second kappa shape index (κ2) is 7.48. The number of fused-ring (bicyclic) bond motifs is 2. The van der Waals surface area contributed by atoms with Crippen molar-refractivity contribution in [3.8, 4) is 5.75 Å². The number of rotatable bonds is 4. The number of nitrogens with zero attached hydrogens (tertiary/aromatic N) is 2. The fourth-order valence-corrected chi connectivity index (χ4v) is 3.74. The maximum absolute atomic E-state index is 14.0. The zero-order valence-electron chi connectivity index (χ0n) is 14.3. The molecular formula is C18H13BrClFN4O3. The Morgan fingerprint density at radius 2 is 2.21 bits per heavy atom. The first-order chi connectivity index (χ1) is 13.5. The molecule has 0 spiro atoms. The van der Waals surface area contributed by atoms with Gasteiger partial charge in [0.05, 0.1) is 29.7 Å². The monoisotopic (exact) mass is 466 g/mol. The first-order valence-electron chi connectivity index (χ1n) is 8.38. The van der Waals surface area contributed by atoms with Crippen molar-refractivity contribution in [2.75, 3.05) is 17.8 Å². The van der Waals surface area contributed by atoms with E-state index in [0.29, 0.717) is 34.5 Å². The molecule has 0 saturated heterocycles. The van der Waals surface area contributed by atoms with E-state index in [1.807, 2.05) is 0 Å². The Hall–Kier alpha value is -2.52. The van der Waals surface area contributed by atoms with Crippen LogP contribution in [0.25, 0.3) is 10.9 Å². The number of nitrogens with one attached hydrogen (secondary N) is 2. The first-order valence-corrected chi connectivity index (χ1v) is 9.71. The molecule has 0 atom stereocenters. The summed E-state index contributed by atoms with van der Waals surface area (Å²) in [5, 5.41) is 9.31. The number of ketones is 1. The maximum Gasteiger partial charge on any atom is 0.239 e. The number of amides is 1. The van der Waals surface area contributed by atoms with Gasteiger partial charge in [0.1, 0.15) is 21.8 Å². The highest BCUT2D eigenvalue weighted by atomic mass is 79.9. The summed E-state index contributed by atoms with van der Waals surface area (Å²) in [6, 6.07) is 2.57. The number of aromatic nitrogens is 3. The number of anilines is 1. The third kappa shape index (κ3) is 3.14. The van der Waals surface area contributed by atoms with Gasteiger partial charge in [-0.05, 0) is 40.9 Å². The molecule has 0 bridgehead atoms. The largest absolute Gasteiger partial charge is 0.491 e. The highest BCUT2D eigenvalue weighted by Gasteiger charge is 2.30. The lowest BCUT2D eigenvalue weighted by Gasteiger charge is -2.22. The van der Waals surface area contributed by atoms with Gasteiger partial charge in [-0.15, -0.1) is 11.6 Å². The molecule has 2 aromatic heterocycles. The topological polar surface area (TPSA) is 97.0 Å². The molecule has 1 aliphatic heterocycles. The van der Waals surface area contributed by atoms with Gasteiger partial charge in [0, 0.05) is 10.9 Å². The molecule has 2 N–H and O–H groups in total. The van der Waals surface area contributed by atoms with E-state index in [1.165, 1.54) is 18.3 Å². The molecule has 0 saturated carbocycles. The highest BCUT2D eigenvalue weighted by molar-refractivity contribution is 9.10. The number of ether oxygens (including phenoxy) is 1. The molecule has 0 aliphatic carbocycles. The Bertz CT molecular complexity index is 1120. The number of benzene rings is 1. The van der Waals surface area contributed by atoms with Gasteiger partial charge < -0.3 is 10.1 Å². The SMILES string of the molecule is O=C(CCl)Nc1c(Br)nc2c(c1C(=O)c1ccc(F)c3[nH]ncc13)OCCC2. The van der Waals surface area contributed by atoms with E-state index in [9.17, 15) is 14.0 Å². The number of aromatic amines is 1. The molecule has 0 unspecified atom stereocenters. The van der Waals surface area contributed by atoms with Gasteiger partial charge in [0.15, 0.2) is 11.5 Å². The number of H-pyrrole nitrogens is 1. The van der Waals surface area contributed by atoms with Crippen LogP contribution in [0.1, 0.15) is 28.0 Å². The quantitative estimate of drug-likeness (QED) is 0.347. The average molecular weight is 468 g/mol. The smallest absolute Gasteiger partial charge is 0.239 e. The zero-order valence-corrected chi connectivity index (χ0v) is 16.7. The normalized spacial score (nSPS) is 13.1. The summed E-state index contributed by atoms with van der Waals surface area (Å²) in [5.41, 5.74) is 1.26. The number of hydrogen-bond acceptors (Lipinski definition) is 5. The minimum atomic E-state index is -0.520. The Labute approximate surface area is 171 Å². The van der Waals surface area contributed by atoms with Crippen LogP contribution in [-0.2, 0) is 11.2 Å². The summed E-state index contributed by atoms with van der Waals surface area (Å²) in [5.74, 6) is -1.45. The summed E-state index contributed by atoms with van der Waals surface area (Å²) in [7, 11) is 0. The number of alkyl halides is 1. The number of aryl methyl sites for hydroxylation is 1. The van der Waals surface area contributed by atoms with Crippen molar-refractivity contribution in [2.45, 2.75) is 12.8 Å². The van der Waals surface area contributed by atoms with Gasteiger partial charge in [-0.1, -0.05) is 0 Å². The lowest BCUT2D eigenvalue weighted by atomic mass is 9.96. The second-order valence-electron chi connectivity index (χ2n) is 6.15. The van der Waals surface area contributed by atoms with E-state index in [0.717, 1.165) is 6.42 Å². The first kappa shape index (κ1) is 18.8. The number of halogens is 3. The van der Waals surface area contributed by atoms with Crippen LogP contribution in [0.5, 0.6) is 5.75 Å². The minimum absolute atomic E-state index is 0.125. The van der Waals surface area contributed by atoms with Crippen LogP contribution in [0, 0.1) is 5.82 Å². The van der Waals surface area contributed by atoms with Gasteiger partial charge in [-0.2, -0.15) is 5.10 Å². The molecule has 0 fully saturated rings. The lowest BCUT2D eigenvalue weighted by molar-refractivity contribution is -0.113. The summed E-state index contributed by atoms with van der Waals surface area (Å²) in [6.45, 7) is 0.421. The van der Waals surface area contributed by atoms with Crippen LogP contribution < -0.4 is 10.1 Å². The highest BCUT2D eigenvalue weighted by Crippen LogP contribution is 2.39. The maximum atomic E-state index is 14.0. The predicted molar refractivity (Wildman–Crippen MR) is 105 cm³/mol. The van der Waals surface area contributed by atoms with Gasteiger partial charge >= 0.3 is 0 Å². The van der Waals surface area contributed by atoms with Crippen molar-refractivity contribution in [1.29, 1.82) is 0 Å². The van der Waals surface area contributed by atoms with E-state index in [2.05, 4.69) is 36.4 Å². The average Bonchev–Trinajstić information content (AvgIpc) is 3.19. The molecule has 10 heteroatoms. The van der Waals surface area contributed by atoms with E-state index < -0.39 is 17.5 Å². The molecule has 3 heterocycles. The van der Waals surface area contributed by atoms with Crippen molar-refractivity contribution < 1.29 is 18.7 Å². The third-order valence-electron chi connectivity index (χ3n) is 4.41. The Balaban J connectivity index is 1.95. The van der Waals surface area contributed by atoms with Crippen LogP contribution in [0.15, 0.2) is 22.9 Å². The van der Waals surface area contributed by atoms with Gasteiger partial charge in [0.25, 0.3) is 0 Å². The molecule has 1 amide bonds. The Morgan fingerprint density at radius 1 is 1.39 bits per heavy atom. The van der Waals surface area contributed by atoms with Crippen molar-refractivity contribution >= 4 is 55.8 Å². The van der Waals surface area contributed by atoms with E-state index in [-0.39, 0.29) is 28.2 Å². The number of hydrogen-bond donors (Lipinski definition) is 2. The van der Waals surface area contributed by atoms with Crippen LogP contribution >= 0.6 is 27.5 Å². The molecular weight excluding hydrogens is 455 g/mol. The molecule has 3 aromatic rings. The lowest BCUT2D eigenvalue weighted by Crippen LogP contribution is -2.21. The molecule has 0 radical (unpaired) electrons. The second-order valence-corrected chi connectivity index (χ2v) is 7.16. The third-order valence-corrected chi connectivity index (χ3v) is 5.22. The van der Waals surface area contributed by atoms with E-state index in [4.69, 9.17) is 16.3 Å². The molecule has 7 nitrogen and oxygen atoms in total. The zero-order chi connectivity index (χ0) is 19.8. The van der Waals surface area contributed by atoms with Crippen LogP contribution in [0.4, 0.5) is 10.1 Å². The number of carbonyl (C=O) groups is 2. The Morgan fingerprint density at radius 3 is 3.00 bits per heavy atom. The standard InChI is InChI=1S/C18H13BrClFN4O3/c19-18-15(24-12(26)6-20)13(17-11(23-18)2-1-5-28-17)16(27)8-3-4-10(21)14-9(8)7-22-25-14/h3-4,7H,1-2,5-6H2,(H,22,25)(H,24,26). The van der Waals surface area contributed by atoms with E-state index >= 15 is 0 Å². The summed E-state index contributed by atoms with van der Waals surface area (Å²) in [4.78, 5) is 29.8. The summed E-state index contributed by atoms with van der Waals surface area (Å²) >= 11 is 8.93. The van der Waals surface area contributed by atoms with E-state index in [1.54, 1.807) is 0 Å². The molecule has 1 aliphatic rings. The number of pyridine rings is 1. The van der Waals surface area contributed by atoms with Crippen molar-refractivity contribution in [2.24, 2.45) is 0 Å². The van der Waals surface area contributed by atoms with Crippen molar-refractivity contribution in [3.05, 3.63) is 45.6 Å². The molecule has 28 heavy (non-hydrogen) atoms. The fraction of sp³-hybridized carbons (Fsp3) is 0.222. The van der Waals surface area contributed by atoms with Gasteiger partial charge in [-0.25, -0.2) is 9.37 Å². The minimum Gasteiger partial charge on any atom is -0.491 e. The molecule has 144 valence electrons. The van der Waals surface area contributed by atoms with Gasteiger partial charge in [-0.3, -0.25) is 14.7 Å². The molecule has 1 aromatic carbocycles. The van der Waals surface area contributed by atoms with Crippen LogP contribution in [0.3, 0.4) is 0 Å². The number of carbonyl (C=O) groups excluding carboxylic acids is 2. The Kier molecular flexibility index (Phi) is 5.03. The van der Waals surface area contributed by atoms with Crippen molar-refractivity contribution in [1.82, 2.24) is 15.2 Å². The van der Waals surface area contributed by atoms with Crippen molar-refractivity contribution in [3.63, 3.8) is 0 Å². The predicted octanol–water partition coefficient (Wildman–Crippen LogP) is 3.59. The van der Waals surface area contributed by atoms with Crippen LogP contribution in [0.2, 0.25) is 0 Å².